The molecule has 0 fully saturated rings. The largest absolute Gasteiger partial charge is 0.387 e. The fourth-order valence-corrected chi connectivity index (χ4v) is 1.90. The number of halogens is 3. The van der Waals surface area contributed by atoms with Crippen LogP contribution in [0, 0.1) is 5.82 Å². The molecule has 8 heteroatoms. The Balaban J connectivity index is 2.01. The van der Waals surface area contributed by atoms with Gasteiger partial charge in [0.15, 0.2) is 0 Å². The molecule has 0 radical (unpaired) electrons. The predicted molar refractivity (Wildman–Crippen MR) is 75.7 cm³/mol. The number of aliphatic hydroxyl groups is 1. The average molecular weight is 330 g/mol. The Morgan fingerprint density at radius 2 is 2.14 bits per heavy atom. The molecule has 1 atom stereocenters. The Hall–Kier alpha value is -1.76. The van der Waals surface area contributed by atoms with Crippen molar-refractivity contribution in [1.29, 1.82) is 0 Å². The average Bonchev–Trinajstić information content (AvgIpc) is 2.47. The molecule has 110 valence electrons. The van der Waals surface area contributed by atoms with E-state index in [1.807, 2.05) is 0 Å². The maximum atomic E-state index is 13.3. The summed E-state index contributed by atoms with van der Waals surface area (Å²) in [6.07, 6.45) is 1.39. The zero-order chi connectivity index (χ0) is 15.4. The molecule has 0 aliphatic rings. The topological polar surface area (TPSA) is 75.1 Å². The van der Waals surface area contributed by atoms with Crippen LogP contribution in [0.2, 0.25) is 10.0 Å². The number of rotatable bonds is 4. The molecule has 1 aromatic heterocycles. The molecule has 2 N–H and O–H groups in total. The third kappa shape index (κ3) is 3.87. The van der Waals surface area contributed by atoms with Crippen molar-refractivity contribution < 1.29 is 14.3 Å². The van der Waals surface area contributed by atoms with E-state index in [1.54, 1.807) is 0 Å². The second kappa shape index (κ2) is 6.80. The van der Waals surface area contributed by atoms with E-state index in [-0.39, 0.29) is 22.3 Å². The molecule has 1 amide bonds. The van der Waals surface area contributed by atoms with Crippen molar-refractivity contribution in [2.75, 3.05) is 6.54 Å². The molecule has 0 bridgehead atoms. The molecule has 0 saturated heterocycles. The summed E-state index contributed by atoms with van der Waals surface area (Å²) in [4.78, 5) is 19.2. The van der Waals surface area contributed by atoms with Crippen LogP contribution in [0.4, 0.5) is 4.39 Å². The number of carbonyl (C=O) groups excluding carboxylic acids is 1. The second-order valence-corrected chi connectivity index (χ2v) is 4.93. The van der Waals surface area contributed by atoms with Gasteiger partial charge in [-0.1, -0.05) is 29.3 Å². The van der Waals surface area contributed by atoms with Crippen LogP contribution in [0.25, 0.3) is 0 Å². The van der Waals surface area contributed by atoms with Gasteiger partial charge < -0.3 is 10.4 Å². The SMILES string of the molecule is O=C(NCC(O)c1ccc(Cl)c(F)c1)c1ncncc1Cl. The smallest absolute Gasteiger partial charge is 0.271 e. The summed E-state index contributed by atoms with van der Waals surface area (Å²) in [6.45, 7) is -0.125. The normalized spacial score (nSPS) is 12.0. The zero-order valence-corrected chi connectivity index (χ0v) is 12.1. The molecule has 1 unspecified atom stereocenters. The highest BCUT2D eigenvalue weighted by Gasteiger charge is 2.15. The Bertz CT molecular complexity index is 670. The number of hydrogen-bond donors (Lipinski definition) is 2. The Labute approximate surface area is 129 Å². The third-order valence-corrected chi connectivity index (χ3v) is 3.25. The fraction of sp³-hybridized carbons (Fsp3) is 0.154. The van der Waals surface area contributed by atoms with E-state index in [4.69, 9.17) is 23.2 Å². The highest BCUT2D eigenvalue weighted by Crippen LogP contribution is 2.20. The minimum absolute atomic E-state index is 0.00107. The first-order valence-electron chi connectivity index (χ1n) is 5.85. The maximum Gasteiger partial charge on any atom is 0.271 e. The first-order valence-corrected chi connectivity index (χ1v) is 6.61. The van der Waals surface area contributed by atoms with Crippen LogP contribution < -0.4 is 5.32 Å². The Morgan fingerprint density at radius 3 is 2.81 bits per heavy atom. The summed E-state index contributed by atoms with van der Waals surface area (Å²) in [5.74, 6) is -1.20. The van der Waals surface area contributed by atoms with Gasteiger partial charge in [0.2, 0.25) is 0 Å². The van der Waals surface area contributed by atoms with Gasteiger partial charge in [-0.25, -0.2) is 14.4 Å². The number of aliphatic hydroxyl groups excluding tert-OH is 1. The monoisotopic (exact) mass is 329 g/mol. The lowest BCUT2D eigenvalue weighted by atomic mass is 10.1. The van der Waals surface area contributed by atoms with Crippen molar-refractivity contribution in [1.82, 2.24) is 15.3 Å². The van der Waals surface area contributed by atoms with E-state index < -0.39 is 17.8 Å². The molecular weight excluding hydrogens is 320 g/mol. The van der Waals surface area contributed by atoms with Crippen LogP contribution in [-0.4, -0.2) is 27.5 Å². The number of hydrogen-bond acceptors (Lipinski definition) is 4. The van der Waals surface area contributed by atoms with Gasteiger partial charge in [0.25, 0.3) is 5.91 Å². The molecule has 0 spiro atoms. The van der Waals surface area contributed by atoms with Crippen molar-refractivity contribution in [3.63, 3.8) is 0 Å². The van der Waals surface area contributed by atoms with Crippen molar-refractivity contribution in [3.8, 4) is 0 Å². The number of carbonyl (C=O) groups is 1. The van der Waals surface area contributed by atoms with Gasteiger partial charge in [-0.05, 0) is 17.7 Å². The molecule has 0 saturated carbocycles. The quantitative estimate of drug-likeness (QED) is 0.903. The van der Waals surface area contributed by atoms with Crippen molar-refractivity contribution in [2.24, 2.45) is 0 Å². The Kier molecular flexibility index (Phi) is 5.06. The minimum Gasteiger partial charge on any atom is -0.387 e. The number of nitrogens with one attached hydrogen (secondary N) is 1. The molecule has 5 nitrogen and oxygen atoms in total. The van der Waals surface area contributed by atoms with Crippen LogP contribution in [-0.2, 0) is 0 Å². The number of nitrogens with zero attached hydrogens (tertiary/aromatic N) is 2. The van der Waals surface area contributed by atoms with Gasteiger partial charge in [-0.3, -0.25) is 4.79 Å². The second-order valence-electron chi connectivity index (χ2n) is 4.12. The highest BCUT2D eigenvalue weighted by atomic mass is 35.5. The molecule has 1 heterocycles. The fourth-order valence-electron chi connectivity index (χ4n) is 1.59. The third-order valence-electron chi connectivity index (χ3n) is 2.67. The van der Waals surface area contributed by atoms with E-state index in [1.165, 1.54) is 24.7 Å². The van der Waals surface area contributed by atoms with Crippen molar-refractivity contribution >= 4 is 29.1 Å². The number of benzene rings is 1. The molecule has 21 heavy (non-hydrogen) atoms. The summed E-state index contributed by atoms with van der Waals surface area (Å²) in [6, 6.07) is 3.91. The summed E-state index contributed by atoms with van der Waals surface area (Å²) in [5.41, 5.74) is 0.298. The van der Waals surface area contributed by atoms with E-state index >= 15 is 0 Å². The number of amides is 1. The van der Waals surface area contributed by atoms with E-state index in [9.17, 15) is 14.3 Å². The molecule has 2 rings (SSSR count). The summed E-state index contributed by atoms with van der Waals surface area (Å²) in [5, 5.41) is 12.4. The lowest BCUT2D eigenvalue weighted by Crippen LogP contribution is -2.29. The lowest BCUT2D eigenvalue weighted by molar-refractivity contribution is 0.0911. The zero-order valence-electron chi connectivity index (χ0n) is 10.6. The van der Waals surface area contributed by atoms with Crippen molar-refractivity contribution in [2.45, 2.75) is 6.10 Å². The van der Waals surface area contributed by atoms with Gasteiger partial charge in [-0.15, -0.1) is 0 Å². The summed E-state index contributed by atoms with van der Waals surface area (Å²) >= 11 is 11.3. The van der Waals surface area contributed by atoms with Gasteiger partial charge >= 0.3 is 0 Å². The van der Waals surface area contributed by atoms with Gasteiger partial charge in [0.1, 0.15) is 17.8 Å². The van der Waals surface area contributed by atoms with Crippen LogP contribution in [0.15, 0.2) is 30.7 Å². The van der Waals surface area contributed by atoms with Crippen LogP contribution in [0.5, 0.6) is 0 Å². The minimum atomic E-state index is -1.08. The van der Waals surface area contributed by atoms with Crippen LogP contribution in [0.3, 0.4) is 0 Å². The summed E-state index contributed by atoms with van der Waals surface area (Å²) in [7, 11) is 0. The predicted octanol–water partition coefficient (Wildman–Crippen LogP) is 2.39. The molecule has 0 aliphatic carbocycles. The van der Waals surface area contributed by atoms with Crippen LogP contribution >= 0.6 is 23.2 Å². The molecule has 0 aliphatic heterocycles. The van der Waals surface area contributed by atoms with Gasteiger partial charge in [-0.2, -0.15) is 0 Å². The highest BCUT2D eigenvalue weighted by molar-refractivity contribution is 6.33. The van der Waals surface area contributed by atoms with E-state index in [0.717, 1.165) is 6.07 Å². The van der Waals surface area contributed by atoms with Gasteiger partial charge in [0.05, 0.1) is 16.1 Å². The van der Waals surface area contributed by atoms with Crippen LogP contribution in [0.1, 0.15) is 22.2 Å². The van der Waals surface area contributed by atoms with Crippen molar-refractivity contribution in [3.05, 3.63) is 57.8 Å². The van der Waals surface area contributed by atoms with Gasteiger partial charge in [0, 0.05) is 12.7 Å². The number of aromatic nitrogens is 2. The Morgan fingerprint density at radius 1 is 1.38 bits per heavy atom. The van der Waals surface area contributed by atoms with E-state index in [0.29, 0.717) is 5.56 Å². The first kappa shape index (κ1) is 15.6. The first-order chi connectivity index (χ1) is 9.99. The maximum absolute atomic E-state index is 13.3. The lowest BCUT2D eigenvalue weighted by Gasteiger charge is -2.12. The molecule has 2 aromatic rings. The molecule has 1 aromatic carbocycles. The van der Waals surface area contributed by atoms with E-state index in [2.05, 4.69) is 15.3 Å². The molecular formula is C13H10Cl2FN3O2. The summed E-state index contributed by atoms with van der Waals surface area (Å²) < 4.78 is 13.3. The standard InChI is InChI=1S/C13H10Cl2FN3O2/c14-8-2-1-7(3-10(8)16)11(20)5-18-13(21)12-9(15)4-17-6-19-12/h1-4,6,11,20H,5H2,(H,18,21).